The maximum Gasteiger partial charge on any atom is 0.283 e. The number of nitrogens with zero attached hydrogens (tertiary/aromatic N) is 5. The Balaban J connectivity index is 1.37. The van der Waals surface area contributed by atoms with Gasteiger partial charge < -0.3 is 20.0 Å². The SMILES string of the molecule is CC(C)N1CCN([n+]2cc([N-]C(=O)CCSC(=O)Nc3ccccc3)on2)CC1. The summed E-state index contributed by atoms with van der Waals surface area (Å²) in [5.74, 6) is 0.157. The molecule has 0 radical (unpaired) electrons. The largest absolute Gasteiger partial charge is 0.588 e. The average Bonchev–Trinajstić information content (AvgIpc) is 3.17. The van der Waals surface area contributed by atoms with Gasteiger partial charge in [-0.15, -0.1) is 0 Å². The molecule has 2 heterocycles. The van der Waals surface area contributed by atoms with Gasteiger partial charge in [0.05, 0.1) is 23.8 Å². The van der Waals surface area contributed by atoms with Crippen molar-refractivity contribution >= 4 is 34.5 Å². The Bertz CT molecular complexity index is 805. The maximum absolute atomic E-state index is 12.0. The van der Waals surface area contributed by atoms with Crippen LogP contribution in [-0.2, 0) is 4.79 Å². The number of amides is 2. The van der Waals surface area contributed by atoms with E-state index in [-0.39, 0.29) is 23.5 Å². The molecule has 156 valence electrons. The number of rotatable bonds is 7. The zero-order valence-corrected chi connectivity index (χ0v) is 17.5. The van der Waals surface area contributed by atoms with Gasteiger partial charge in [-0.05, 0) is 32.4 Å². The van der Waals surface area contributed by atoms with Crippen LogP contribution in [0.2, 0.25) is 0 Å². The molecule has 3 rings (SSSR count). The molecule has 1 aromatic heterocycles. The van der Waals surface area contributed by atoms with Gasteiger partial charge in [0, 0.05) is 30.6 Å². The van der Waals surface area contributed by atoms with Crippen molar-refractivity contribution in [2.24, 2.45) is 0 Å². The molecule has 1 aliphatic heterocycles. The summed E-state index contributed by atoms with van der Waals surface area (Å²) in [5.41, 5.74) is 0.724. The zero-order valence-electron chi connectivity index (χ0n) is 16.7. The van der Waals surface area contributed by atoms with E-state index in [1.807, 2.05) is 18.2 Å². The van der Waals surface area contributed by atoms with Crippen LogP contribution < -0.4 is 15.1 Å². The number of piperazine rings is 1. The third kappa shape index (κ3) is 6.47. The number of aromatic nitrogens is 2. The Labute approximate surface area is 174 Å². The summed E-state index contributed by atoms with van der Waals surface area (Å²) in [6.07, 6.45) is 1.75. The van der Waals surface area contributed by atoms with Gasteiger partial charge in [0.2, 0.25) is 5.27 Å². The summed E-state index contributed by atoms with van der Waals surface area (Å²) in [4.78, 5) is 27.9. The van der Waals surface area contributed by atoms with Gasteiger partial charge in [-0.1, -0.05) is 30.0 Å². The molecular formula is C19H26N6O3S. The van der Waals surface area contributed by atoms with Gasteiger partial charge in [-0.3, -0.25) is 9.69 Å². The van der Waals surface area contributed by atoms with Crippen molar-refractivity contribution in [3.05, 3.63) is 41.8 Å². The third-order valence-corrected chi connectivity index (χ3v) is 5.33. The van der Waals surface area contributed by atoms with Crippen LogP contribution >= 0.6 is 11.8 Å². The molecule has 10 heteroatoms. The molecule has 0 unspecified atom stereocenters. The first-order valence-electron chi connectivity index (χ1n) is 9.62. The second-order valence-corrected chi connectivity index (χ2v) is 7.99. The summed E-state index contributed by atoms with van der Waals surface area (Å²) >= 11 is 1.05. The number of carbonyl (C=O) groups excluding carboxylic acids is 2. The average molecular weight is 419 g/mol. The van der Waals surface area contributed by atoms with Crippen LogP contribution in [0.15, 0.2) is 41.1 Å². The molecule has 2 amide bonds. The highest BCUT2D eigenvalue weighted by Gasteiger charge is 2.25. The Morgan fingerprint density at radius 1 is 1.24 bits per heavy atom. The summed E-state index contributed by atoms with van der Waals surface area (Å²) in [7, 11) is 0. The topological polar surface area (TPSA) is 96.7 Å². The van der Waals surface area contributed by atoms with E-state index in [2.05, 4.69) is 39.7 Å². The number of benzene rings is 1. The highest BCUT2D eigenvalue weighted by molar-refractivity contribution is 8.13. The van der Waals surface area contributed by atoms with E-state index in [1.165, 1.54) is 0 Å². The summed E-state index contributed by atoms with van der Waals surface area (Å²) in [5, 5.41) is 12.5. The smallest absolute Gasteiger partial charge is 0.283 e. The lowest BCUT2D eigenvalue weighted by Crippen LogP contribution is -2.65. The molecule has 2 aromatic rings. The molecular weight excluding hydrogens is 392 g/mol. The lowest BCUT2D eigenvalue weighted by molar-refractivity contribution is -0.759. The Morgan fingerprint density at radius 3 is 2.66 bits per heavy atom. The molecule has 1 aliphatic rings. The van der Waals surface area contributed by atoms with E-state index in [9.17, 15) is 9.59 Å². The van der Waals surface area contributed by atoms with E-state index in [1.54, 1.807) is 23.1 Å². The third-order valence-electron chi connectivity index (χ3n) is 4.56. The second kappa shape index (κ2) is 10.3. The van der Waals surface area contributed by atoms with Crippen LogP contribution in [0, 0.1) is 0 Å². The Hall–Kier alpha value is -2.59. The normalized spacial score (nSPS) is 14.8. The molecule has 0 atom stereocenters. The molecule has 29 heavy (non-hydrogen) atoms. The van der Waals surface area contributed by atoms with E-state index in [0.29, 0.717) is 11.8 Å². The first-order chi connectivity index (χ1) is 14.0. The van der Waals surface area contributed by atoms with Gasteiger partial charge in [-0.25, -0.2) is 0 Å². The van der Waals surface area contributed by atoms with Gasteiger partial charge in [0.15, 0.2) is 0 Å². The lowest BCUT2D eigenvalue weighted by Gasteiger charge is -2.32. The van der Waals surface area contributed by atoms with Crippen LogP contribution in [0.4, 0.5) is 16.4 Å². The number of hydrogen-bond acceptors (Lipinski definition) is 7. The minimum atomic E-state index is -0.349. The number of nitrogens with one attached hydrogen (secondary N) is 1. The standard InChI is InChI=1S/C19H26N6O3S/c1-15(2)23-9-11-24(12-10-23)25-14-18(28-22-25)21-17(26)8-13-29-19(27)20-16-6-4-3-5-7-16/h3-7,14-15H,8-13H2,1-2H3,(H-,20,21,22,26,27). The fraction of sp³-hybridized carbons (Fsp3) is 0.474. The van der Waals surface area contributed by atoms with Gasteiger partial charge in [-0.2, -0.15) is 5.01 Å². The quantitative estimate of drug-likeness (QED) is 0.690. The molecule has 0 bridgehead atoms. The van der Waals surface area contributed by atoms with Crippen LogP contribution in [0.1, 0.15) is 20.3 Å². The number of thioether (sulfide) groups is 1. The van der Waals surface area contributed by atoms with Crippen LogP contribution in [0.5, 0.6) is 0 Å². The van der Waals surface area contributed by atoms with Crippen molar-refractivity contribution in [1.82, 2.24) is 10.2 Å². The molecule has 1 saturated heterocycles. The molecule has 1 aromatic carbocycles. The summed E-state index contributed by atoms with van der Waals surface area (Å²) < 4.78 is 5.15. The fourth-order valence-corrected chi connectivity index (χ4v) is 3.58. The molecule has 0 spiro atoms. The van der Waals surface area contributed by atoms with E-state index in [0.717, 1.165) is 43.6 Å². The van der Waals surface area contributed by atoms with Gasteiger partial charge in [0.1, 0.15) is 5.88 Å². The summed E-state index contributed by atoms with van der Waals surface area (Å²) in [6, 6.07) is 9.70. The van der Waals surface area contributed by atoms with Crippen molar-refractivity contribution in [2.75, 3.05) is 42.3 Å². The fourth-order valence-electron chi connectivity index (χ4n) is 2.93. The first-order valence-corrected chi connectivity index (χ1v) is 10.6. The van der Waals surface area contributed by atoms with Crippen LogP contribution in [0.25, 0.3) is 5.32 Å². The van der Waals surface area contributed by atoms with Crippen molar-refractivity contribution in [3.8, 4) is 0 Å². The number of carbonyl (C=O) groups is 2. The number of para-hydroxylation sites is 1. The predicted octanol–water partition coefficient (Wildman–Crippen LogP) is 2.51. The Kier molecular flexibility index (Phi) is 7.48. The van der Waals surface area contributed by atoms with Crippen LogP contribution in [-0.4, -0.2) is 59.3 Å². The first kappa shape index (κ1) is 21.1. The van der Waals surface area contributed by atoms with Gasteiger partial charge in [0.25, 0.3) is 11.4 Å². The van der Waals surface area contributed by atoms with E-state index < -0.39 is 0 Å². The molecule has 1 fully saturated rings. The molecule has 9 nitrogen and oxygen atoms in total. The lowest BCUT2D eigenvalue weighted by atomic mass is 10.2. The molecule has 1 N–H and O–H groups in total. The zero-order chi connectivity index (χ0) is 20.6. The minimum absolute atomic E-state index is 0.140. The van der Waals surface area contributed by atoms with Crippen molar-refractivity contribution < 1.29 is 18.9 Å². The van der Waals surface area contributed by atoms with Crippen molar-refractivity contribution in [2.45, 2.75) is 26.3 Å². The molecule has 0 saturated carbocycles. The van der Waals surface area contributed by atoms with Crippen molar-refractivity contribution in [3.63, 3.8) is 0 Å². The monoisotopic (exact) mass is 418 g/mol. The highest BCUT2D eigenvalue weighted by Crippen LogP contribution is 2.18. The second-order valence-electron chi connectivity index (χ2n) is 6.93. The summed E-state index contributed by atoms with van der Waals surface area (Å²) in [6.45, 7) is 7.93. The predicted molar refractivity (Wildman–Crippen MR) is 112 cm³/mol. The van der Waals surface area contributed by atoms with E-state index >= 15 is 0 Å². The highest BCUT2D eigenvalue weighted by atomic mass is 32.2. The van der Waals surface area contributed by atoms with E-state index in [4.69, 9.17) is 4.52 Å². The molecule has 0 aliphatic carbocycles. The van der Waals surface area contributed by atoms with Gasteiger partial charge >= 0.3 is 0 Å². The minimum Gasteiger partial charge on any atom is -0.588 e. The maximum atomic E-state index is 12.0. The number of hydrogen-bond donors (Lipinski definition) is 1. The Morgan fingerprint density at radius 2 is 1.97 bits per heavy atom. The number of anilines is 1. The van der Waals surface area contributed by atoms with Crippen molar-refractivity contribution in [1.29, 1.82) is 0 Å². The van der Waals surface area contributed by atoms with Crippen LogP contribution in [0.3, 0.4) is 0 Å².